The topological polar surface area (TPSA) is 12.0 Å². The van der Waals surface area contributed by atoms with Crippen LogP contribution in [-0.4, -0.2) is 6.54 Å². The fourth-order valence-electron chi connectivity index (χ4n) is 2.96. The van der Waals surface area contributed by atoms with Crippen LogP contribution in [0.4, 0.5) is 0 Å². The lowest BCUT2D eigenvalue weighted by Crippen LogP contribution is -2.19. The third kappa shape index (κ3) is 2.18. The molecule has 1 unspecified atom stereocenters. The molecule has 1 aromatic rings. The molecule has 1 aliphatic carbocycles. The molecule has 0 amide bonds. The zero-order chi connectivity index (χ0) is 10.8. The Bertz CT molecular complexity index is 324. The first kappa shape index (κ1) is 10.8. The SMILES string of the molecule is c1c(C2CCCCCN2)sc2c1CCCC2. The van der Waals surface area contributed by atoms with Gasteiger partial charge in [0.1, 0.15) is 0 Å². The third-order valence-corrected chi connectivity index (χ3v) is 5.27. The highest BCUT2D eigenvalue weighted by atomic mass is 32.1. The molecule has 1 N–H and O–H groups in total. The normalized spacial score (nSPS) is 26.1. The molecule has 0 aromatic carbocycles. The summed E-state index contributed by atoms with van der Waals surface area (Å²) in [5, 5.41) is 3.72. The van der Waals surface area contributed by atoms with E-state index in [0.29, 0.717) is 6.04 Å². The monoisotopic (exact) mass is 235 g/mol. The van der Waals surface area contributed by atoms with E-state index >= 15 is 0 Å². The summed E-state index contributed by atoms with van der Waals surface area (Å²) in [6, 6.07) is 3.17. The standard InChI is InChI=1S/C14H21NS/c1-2-7-12(15-9-5-1)14-10-11-6-3-4-8-13(11)16-14/h10,12,15H,1-9H2. The fourth-order valence-corrected chi connectivity index (χ4v) is 4.32. The van der Waals surface area contributed by atoms with Gasteiger partial charge in [0.15, 0.2) is 0 Å². The average molecular weight is 235 g/mol. The van der Waals surface area contributed by atoms with Crippen molar-refractivity contribution >= 4 is 11.3 Å². The molecule has 1 nitrogen and oxygen atoms in total. The molecule has 16 heavy (non-hydrogen) atoms. The van der Waals surface area contributed by atoms with Crippen LogP contribution < -0.4 is 5.32 Å². The van der Waals surface area contributed by atoms with Gasteiger partial charge in [-0.15, -0.1) is 11.3 Å². The quantitative estimate of drug-likeness (QED) is 0.780. The molecule has 0 radical (unpaired) electrons. The van der Waals surface area contributed by atoms with Crippen LogP contribution in [0.15, 0.2) is 6.07 Å². The predicted molar refractivity (Wildman–Crippen MR) is 70.2 cm³/mol. The minimum Gasteiger partial charge on any atom is -0.309 e. The molecule has 88 valence electrons. The first-order valence-electron chi connectivity index (χ1n) is 6.78. The number of aryl methyl sites for hydroxylation is 2. The van der Waals surface area contributed by atoms with Crippen LogP contribution in [0.25, 0.3) is 0 Å². The van der Waals surface area contributed by atoms with Gasteiger partial charge in [-0.25, -0.2) is 0 Å². The van der Waals surface area contributed by atoms with Gasteiger partial charge in [-0.3, -0.25) is 0 Å². The minimum absolute atomic E-state index is 0.665. The van der Waals surface area contributed by atoms with Gasteiger partial charge < -0.3 is 5.32 Å². The molecule has 2 heteroatoms. The van der Waals surface area contributed by atoms with Crippen molar-refractivity contribution in [2.75, 3.05) is 6.54 Å². The predicted octanol–water partition coefficient (Wildman–Crippen LogP) is 3.83. The summed E-state index contributed by atoms with van der Waals surface area (Å²) in [6.07, 6.45) is 11.0. The van der Waals surface area contributed by atoms with Crippen molar-refractivity contribution < 1.29 is 0 Å². The second kappa shape index (κ2) is 4.89. The van der Waals surface area contributed by atoms with E-state index in [2.05, 4.69) is 22.7 Å². The highest BCUT2D eigenvalue weighted by molar-refractivity contribution is 7.12. The molecule has 2 heterocycles. The van der Waals surface area contributed by atoms with E-state index in [9.17, 15) is 0 Å². The lowest BCUT2D eigenvalue weighted by atomic mass is 9.98. The van der Waals surface area contributed by atoms with Crippen molar-refractivity contribution in [2.24, 2.45) is 0 Å². The van der Waals surface area contributed by atoms with E-state index in [4.69, 9.17) is 0 Å². The summed E-state index contributed by atoms with van der Waals surface area (Å²) in [7, 11) is 0. The van der Waals surface area contributed by atoms with E-state index in [1.165, 1.54) is 57.9 Å². The van der Waals surface area contributed by atoms with Crippen LogP contribution in [0, 0.1) is 0 Å². The summed E-state index contributed by atoms with van der Waals surface area (Å²) in [5.41, 5.74) is 1.66. The Hall–Kier alpha value is -0.340. The van der Waals surface area contributed by atoms with E-state index in [1.807, 2.05) is 0 Å². The Morgan fingerprint density at radius 3 is 2.94 bits per heavy atom. The van der Waals surface area contributed by atoms with Crippen molar-refractivity contribution in [3.63, 3.8) is 0 Å². The van der Waals surface area contributed by atoms with Gasteiger partial charge in [0, 0.05) is 15.8 Å². The molecule has 0 bridgehead atoms. The zero-order valence-electron chi connectivity index (χ0n) is 9.93. The zero-order valence-corrected chi connectivity index (χ0v) is 10.7. The second-order valence-corrected chi connectivity index (χ2v) is 6.33. The van der Waals surface area contributed by atoms with E-state index in [0.717, 1.165) is 0 Å². The summed E-state index contributed by atoms with van der Waals surface area (Å²) in [5.74, 6) is 0. The Kier molecular flexibility index (Phi) is 3.30. The minimum atomic E-state index is 0.665. The lowest BCUT2D eigenvalue weighted by molar-refractivity contribution is 0.542. The Balaban J connectivity index is 1.79. The van der Waals surface area contributed by atoms with Crippen LogP contribution in [0.1, 0.15) is 59.9 Å². The van der Waals surface area contributed by atoms with Gasteiger partial charge in [0.05, 0.1) is 0 Å². The summed E-state index contributed by atoms with van der Waals surface area (Å²) in [6.45, 7) is 1.22. The molecular weight excluding hydrogens is 214 g/mol. The van der Waals surface area contributed by atoms with E-state index in [-0.39, 0.29) is 0 Å². The second-order valence-electron chi connectivity index (χ2n) is 5.16. The van der Waals surface area contributed by atoms with Gasteiger partial charge in [0.25, 0.3) is 0 Å². The number of thiophene rings is 1. The van der Waals surface area contributed by atoms with Gasteiger partial charge in [-0.1, -0.05) is 12.8 Å². The summed E-state index contributed by atoms with van der Waals surface area (Å²) < 4.78 is 0. The van der Waals surface area contributed by atoms with Crippen molar-refractivity contribution in [1.29, 1.82) is 0 Å². The van der Waals surface area contributed by atoms with Crippen LogP contribution in [0.2, 0.25) is 0 Å². The molecule has 2 aliphatic rings. The van der Waals surface area contributed by atoms with Gasteiger partial charge >= 0.3 is 0 Å². The molecule has 1 saturated heterocycles. The van der Waals surface area contributed by atoms with E-state index in [1.54, 1.807) is 15.3 Å². The molecule has 3 rings (SSSR count). The first-order valence-corrected chi connectivity index (χ1v) is 7.60. The van der Waals surface area contributed by atoms with Crippen LogP contribution >= 0.6 is 11.3 Å². The summed E-state index contributed by atoms with van der Waals surface area (Å²) >= 11 is 2.09. The van der Waals surface area contributed by atoms with Crippen molar-refractivity contribution in [1.82, 2.24) is 5.32 Å². The van der Waals surface area contributed by atoms with Crippen LogP contribution in [0.5, 0.6) is 0 Å². The highest BCUT2D eigenvalue weighted by Gasteiger charge is 2.19. The van der Waals surface area contributed by atoms with Gasteiger partial charge in [-0.05, 0) is 56.7 Å². The van der Waals surface area contributed by atoms with Gasteiger partial charge in [-0.2, -0.15) is 0 Å². The molecule has 1 aromatic heterocycles. The number of fused-ring (bicyclic) bond motifs is 1. The van der Waals surface area contributed by atoms with Crippen molar-refractivity contribution in [2.45, 2.75) is 57.4 Å². The highest BCUT2D eigenvalue weighted by Crippen LogP contribution is 2.35. The number of nitrogens with one attached hydrogen (secondary N) is 1. The number of hydrogen-bond acceptors (Lipinski definition) is 2. The average Bonchev–Trinajstić information content (AvgIpc) is 2.56. The molecule has 1 aliphatic heterocycles. The maximum absolute atomic E-state index is 3.72. The third-order valence-electron chi connectivity index (χ3n) is 3.92. The van der Waals surface area contributed by atoms with Crippen molar-refractivity contribution in [3.8, 4) is 0 Å². The Morgan fingerprint density at radius 2 is 2.00 bits per heavy atom. The summed E-state index contributed by atoms with van der Waals surface area (Å²) in [4.78, 5) is 3.31. The smallest absolute Gasteiger partial charge is 0.0414 e. The van der Waals surface area contributed by atoms with Gasteiger partial charge in [0.2, 0.25) is 0 Å². The first-order chi connectivity index (χ1) is 7.93. The Labute approximate surface area is 102 Å². The van der Waals surface area contributed by atoms with Crippen LogP contribution in [0.3, 0.4) is 0 Å². The maximum Gasteiger partial charge on any atom is 0.0414 e. The maximum atomic E-state index is 3.72. The van der Waals surface area contributed by atoms with E-state index < -0.39 is 0 Å². The fraction of sp³-hybridized carbons (Fsp3) is 0.714. The largest absolute Gasteiger partial charge is 0.309 e. The molecule has 0 saturated carbocycles. The van der Waals surface area contributed by atoms with Crippen LogP contribution in [-0.2, 0) is 12.8 Å². The molecule has 1 fully saturated rings. The molecule has 0 spiro atoms. The number of rotatable bonds is 1. The number of hydrogen-bond donors (Lipinski definition) is 1. The molecular formula is C14H21NS. The Morgan fingerprint density at radius 1 is 1.06 bits per heavy atom. The molecule has 1 atom stereocenters. The lowest BCUT2D eigenvalue weighted by Gasteiger charge is -2.13. The van der Waals surface area contributed by atoms with Crippen molar-refractivity contribution in [3.05, 3.63) is 21.4 Å².